The molecule has 0 radical (unpaired) electrons. The number of nitrogens with zero attached hydrogens (tertiary/aromatic N) is 3. The Kier molecular flexibility index (Phi) is 5.68. The van der Waals surface area contributed by atoms with Crippen LogP contribution in [0.2, 0.25) is 0 Å². The Bertz CT molecular complexity index is 785. The highest BCUT2D eigenvalue weighted by Gasteiger charge is 2.44. The van der Waals surface area contributed by atoms with Gasteiger partial charge in [-0.3, -0.25) is 9.98 Å². The number of hydrogen-bond acceptors (Lipinski definition) is 6. The lowest BCUT2D eigenvalue weighted by molar-refractivity contribution is -0.0455. The van der Waals surface area contributed by atoms with Crippen LogP contribution in [-0.2, 0) is 12.3 Å². The zero-order chi connectivity index (χ0) is 18.6. The lowest BCUT2D eigenvalue weighted by Gasteiger charge is -2.34. The number of amidine groups is 1. The van der Waals surface area contributed by atoms with E-state index in [9.17, 15) is 5.11 Å². The number of benzene rings is 1. The van der Waals surface area contributed by atoms with Crippen LogP contribution in [-0.4, -0.2) is 46.7 Å². The first-order chi connectivity index (χ1) is 12.6. The topological polar surface area (TPSA) is 67.2 Å². The third-order valence-corrected chi connectivity index (χ3v) is 5.54. The number of ether oxygens (including phenoxy) is 2. The van der Waals surface area contributed by atoms with Gasteiger partial charge in [-0.15, -0.1) is 0 Å². The normalized spacial score (nSPS) is 21.2. The molecule has 138 valence electrons. The number of aliphatic imine (C=N–C) groups is 1. The summed E-state index contributed by atoms with van der Waals surface area (Å²) in [5, 5.41) is 12.2. The minimum absolute atomic E-state index is 0.505. The van der Waals surface area contributed by atoms with Crippen molar-refractivity contribution in [2.75, 3.05) is 26.5 Å². The van der Waals surface area contributed by atoms with E-state index in [4.69, 9.17) is 14.5 Å². The summed E-state index contributed by atoms with van der Waals surface area (Å²) in [5.74, 6) is 1.74. The molecule has 26 heavy (non-hydrogen) atoms. The van der Waals surface area contributed by atoms with Gasteiger partial charge in [-0.2, -0.15) is 0 Å². The van der Waals surface area contributed by atoms with Crippen LogP contribution in [0.5, 0.6) is 11.5 Å². The summed E-state index contributed by atoms with van der Waals surface area (Å²) >= 11 is 1.56. The summed E-state index contributed by atoms with van der Waals surface area (Å²) in [4.78, 5) is 10.7. The van der Waals surface area contributed by atoms with Gasteiger partial charge >= 0.3 is 0 Å². The summed E-state index contributed by atoms with van der Waals surface area (Å²) in [6.45, 7) is 3.22. The van der Waals surface area contributed by atoms with E-state index >= 15 is 0 Å². The lowest BCUT2D eigenvalue weighted by Crippen LogP contribution is -2.44. The molecule has 0 bridgehead atoms. The van der Waals surface area contributed by atoms with Crippen molar-refractivity contribution in [3.05, 3.63) is 53.9 Å². The lowest BCUT2D eigenvalue weighted by atomic mass is 10.0. The minimum Gasteiger partial charge on any atom is -0.493 e. The SMILES string of the molecule is CCN1C(=NCc2ccncc2)SC[C@]1(O)c1ccc(OC)c(OC)c1. The van der Waals surface area contributed by atoms with E-state index in [0.29, 0.717) is 30.3 Å². The molecule has 1 aromatic carbocycles. The standard InChI is InChI=1S/C19H23N3O3S/c1-4-22-18(21-12-14-7-9-20-10-8-14)26-13-19(22,23)15-5-6-16(24-2)17(11-15)25-3/h5-11,23H,4,12-13H2,1-3H3/t19-/m0/s1. The maximum atomic E-state index is 11.4. The number of rotatable bonds is 6. The highest BCUT2D eigenvalue weighted by Crippen LogP contribution is 2.41. The molecular formula is C19H23N3O3S. The number of aliphatic hydroxyl groups is 1. The van der Waals surface area contributed by atoms with Crippen molar-refractivity contribution in [2.24, 2.45) is 4.99 Å². The number of pyridine rings is 1. The Morgan fingerprint density at radius 1 is 1.19 bits per heavy atom. The second kappa shape index (κ2) is 7.97. The van der Waals surface area contributed by atoms with E-state index in [-0.39, 0.29) is 0 Å². The fourth-order valence-electron chi connectivity index (χ4n) is 2.98. The van der Waals surface area contributed by atoms with Gasteiger partial charge in [-0.1, -0.05) is 17.8 Å². The van der Waals surface area contributed by atoms with Crippen LogP contribution in [0, 0.1) is 0 Å². The second-order valence-electron chi connectivity index (χ2n) is 5.87. The Morgan fingerprint density at radius 3 is 2.58 bits per heavy atom. The van der Waals surface area contributed by atoms with Crippen molar-refractivity contribution in [3.8, 4) is 11.5 Å². The van der Waals surface area contributed by atoms with Crippen molar-refractivity contribution in [2.45, 2.75) is 19.2 Å². The number of hydrogen-bond donors (Lipinski definition) is 1. The van der Waals surface area contributed by atoms with E-state index in [1.807, 2.05) is 42.2 Å². The van der Waals surface area contributed by atoms with Crippen LogP contribution in [0.4, 0.5) is 0 Å². The van der Waals surface area contributed by atoms with Crippen LogP contribution in [0.1, 0.15) is 18.1 Å². The van der Waals surface area contributed by atoms with Crippen LogP contribution < -0.4 is 9.47 Å². The van der Waals surface area contributed by atoms with Crippen LogP contribution in [0.3, 0.4) is 0 Å². The molecule has 6 nitrogen and oxygen atoms in total. The van der Waals surface area contributed by atoms with Gasteiger partial charge in [0.25, 0.3) is 0 Å². The van der Waals surface area contributed by atoms with Crippen LogP contribution in [0.15, 0.2) is 47.7 Å². The Balaban J connectivity index is 1.88. The Hall–Kier alpha value is -2.25. The summed E-state index contributed by atoms with van der Waals surface area (Å²) in [5.41, 5.74) is 0.722. The van der Waals surface area contributed by atoms with Gasteiger partial charge in [-0.25, -0.2) is 0 Å². The van der Waals surface area contributed by atoms with Gasteiger partial charge in [0.15, 0.2) is 22.4 Å². The first kappa shape index (κ1) is 18.5. The van der Waals surface area contributed by atoms with Crippen LogP contribution in [0.25, 0.3) is 0 Å². The van der Waals surface area contributed by atoms with Crippen molar-refractivity contribution >= 4 is 16.9 Å². The van der Waals surface area contributed by atoms with Gasteiger partial charge in [0.2, 0.25) is 0 Å². The first-order valence-corrected chi connectivity index (χ1v) is 9.39. The van der Waals surface area contributed by atoms with Crippen molar-refractivity contribution in [1.82, 2.24) is 9.88 Å². The third kappa shape index (κ3) is 3.50. The summed E-state index contributed by atoms with van der Waals surface area (Å²) in [7, 11) is 3.19. The maximum Gasteiger partial charge on any atom is 0.175 e. The van der Waals surface area contributed by atoms with Crippen molar-refractivity contribution < 1.29 is 14.6 Å². The maximum absolute atomic E-state index is 11.4. The van der Waals surface area contributed by atoms with E-state index in [0.717, 1.165) is 16.3 Å². The molecule has 7 heteroatoms. The quantitative estimate of drug-likeness (QED) is 0.840. The molecule has 1 aliphatic heterocycles. The molecular weight excluding hydrogens is 350 g/mol. The fraction of sp³-hybridized carbons (Fsp3) is 0.368. The van der Waals surface area contributed by atoms with Gasteiger partial charge < -0.3 is 19.5 Å². The van der Waals surface area contributed by atoms with Gasteiger partial charge in [0.1, 0.15) is 0 Å². The zero-order valence-corrected chi connectivity index (χ0v) is 16.0. The molecule has 1 N–H and O–H groups in total. The summed E-state index contributed by atoms with van der Waals surface area (Å²) in [6, 6.07) is 9.40. The largest absolute Gasteiger partial charge is 0.493 e. The fourth-order valence-corrected chi connectivity index (χ4v) is 4.22. The Labute approximate surface area is 157 Å². The number of aromatic nitrogens is 1. The molecule has 1 atom stereocenters. The third-order valence-electron chi connectivity index (χ3n) is 4.39. The minimum atomic E-state index is -1.13. The second-order valence-corrected chi connectivity index (χ2v) is 6.82. The number of methoxy groups -OCH3 is 2. The molecule has 0 unspecified atom stereocenters. The van der Waals surface area contributed by atoms with Gasteiger partial charge in [0.05, 0.1) is 26.5 Å². The number of thioether (sulfide) groups is 1. The van der Waals surface area contributed by atoms with Gasteiger partial charge in [0, 0.05) is 24.5 Å². The van der Waals surface area contributed by atoms with Crippen molar-refractivity contribution in [1.29, 1.82) is 0 Å². The molecule has 0 saturated carbocycles. The smallest absolute Gasteiger partial charge is 0.175 e. The molecule has 1 aliphatic rings. The monoisotopic (exact) mass is 373 g/mol. The highest BCUT2D eigenvalue weighted by atomic mass is 32.2. The Morgan fingerprint density at radius 2 is 1.92 bits per heavy atom. The molecule has 1 saturated heterocycles. The molecule has 1 aromatic heterocycles. The molecule has 1 fully saturated rings. The highest BCUT2D eigenvalue weighted by molar-refractivity contribution is 8.14. The summed E-state index contributed by atoms with van der Waals surface area (Å²) in [6.07, 6.45) is 3.52. The molecule has 3 rings (SSSR count). The molecule has 0 aliphatic carbocycles. The molecule has 0 spiro atoms. The van der Waals surface area contributed by atoms with Gasteiger partial charge in [-0.05, 0) is 36.8 Å². The predicted octanol–water partition coefficient (Wildman–Crippen LogP) is 2.87. The van der Waals surface area contributed by atoms with Crippen LogP contribution >= 0.6 is 11.8 Å². The average Bonchev–Trinajstić information content (AvgIpc) is 3.03. The van der Waals surface area contributed by atoms with E-state index < -0.39 is 5.72 Å². The summed E-state index contributed by atoms with van der Waals surface area (Å²) < 4.78 is 10.7. The molecule has 0 amide bonds. The van der Waals surface area contributed by atoms with E-state index in [2.05, 4.69) is 4.98 Å². The first-order valence-electron chi connectivity index (χ1n) is 8.41. The van der Waals surface area contributed by atoms with Crippen molar-refractivity contribution in [3.63, 3.8) is 0 Å². The average molecular weight is 373 g/mol. The molecule has 2 aromatic rings. The predicted molar refractivity (Wildman–Crippen MR) is 104 cm³/mol. The van der Waals surface area contributed by atoms with E-state index in [1.165, 1.54) is 0 Å². The molecule has 2 heterocycles. The zero-order valence-electron chi connectivity index (χ0n) is 15.2. The van der Waals surface area contributed by atoms with E-state index in [1.54, 1.807) is 38.4 Å².